The summed E-state index contributed by atoms with van der Waals surface area (Å²) >= 11 is 0. The second-order valence-electron chi connectivity index (χ2n) is 3.29. The predicted octanol–water partition coefficient (Wildman–Crippen LogP) is 0.616. The van der Waals surface area contributed by atoms with Gasteiger partial charge < -0.3 is 10.4 Å². The molecule has 0 amide bonds. The van der Waals surface area contributed by atoms with Crippen LogP contribution in [0.1, 0.15) is 18.0 Å². The molecule has 0 bridgehead atoms. The number of hydrogen-bond acceptors (Lipinski definition) is 3. The number of hydrogen-bond donors (Lipinski definition) is 2. The van der Waals surface area contributed by atoms with Gasteiger partial charge in [0.1, 0.15) is 5.82 Å². The van der Waals surface area contributed by atoms with E-state index in [4.69, 9.17) is 0 Å². The summed E-state index contributed by atoms with van der Waals surface area (Å²) in [5.74, 6) is -0.333. The molecule has 2 atom stereocenters. The van der Waals surface area contributed by atoms with Crippen molar-refractivity contribution in [2.45, 2.75) is 18.6 Å². The van der Waals surface area contributed by atoms with E-state index in [9.17, 15) is 9.50 Å². The molecule has 1 aliphatic heterocycles. The van der Waals surface area contributed by atoms with Gasteiger partial charge in [0.2, 0.25) is 0 Å². The third-order valence-electron chi connectivity index (χ3n) is 2.24. The highest BCUT2D eigenvalue weighted by molar-refractivity contribution is 5.16. The van der Waals surface area contributed by atoms with Crippen molar-refractivity contribution < 1.29 is 9.50 Å². The number of aliphatic hydroxyl groups excluding tert-OH is 1. The molecule has 0 radical (unpaired) electrons. The molecule has 2 rings (SSSR count). The number of nitrogens with zero attached hydrogens (tertiary/aromatic N) is 1. The van der Waals surface area contributed by atoms with Gasteiger partial charge in [0.05, 0.1) is 12.3 Å². The summed E-state index contributed by atoms with van der Waals surface area (Å²) < 4.78 is 12.8. The molecule has 4 heteroatoms. The predicted molar refractivity (Wildman–Crippen MR) is 45.6 cm³/mol. The van der Waals surface area contributed by atoms with Crippen LogP contribution in [-0.4, -0.2) is 22.7 Å². The molecule has 70 valence electrons. The van der Waals surface area contributed by atoms with Crippen molar-refractivity contribution in [2.24, 2.45) is 0 Å². The first kappa shape index (κ1) is 8.59. The van der Waals surface area contributed by atoms with E-state index >= 15 is 0 Å². The van der Waals surface area contributed by atoms with E-state index in [1.165, 1.54) is 12.3 Å². The Morgan fingerprint density at radius 2 is 2.38 bits per heavy atom. The second kappa shape index (κ2) is 3.40. The number of aromatic nitrogens is 1. The molecule has 0 spiro atoms. The van der Waals surface area contributed by atoms with E-state index in [-0.39, 0.29) is 18.0 Å². The minimum Gasteiger partial charge on any atom is -0.392 e. The van der Waals surface area contributed by atoms with E-state index in [0.717, 1.165) is 5.56 Å². The number of aliphatic hydroxyl groups is 1. The van der Waals surface area contributed by atoms with Gasteiger partial charge in [0.15, 0.2) is 0 Å². The van der Waals surface area contributed by atoms with Gasteiger partial charge in [0, 0.05) is 18.8 Å². The van der Waals surface area contributed by atoms with Gasteiger partial charge in [-0.15, -0.1) is 0 Å². The van der Waals surface area contributed by atoms with Crippen molar-refractivity contribution in [3.8, 4) is 0 Å². The Balaban J connectivity index is 2.16. The van der Waals surface area contributed by atoms with Crippen LogP contribution in [0.15, 0.2) is 18.5 Å². The first-order valence-electron chi connectivity index (χ1n) is 4.27. The molecule has 1 unspecified atom stereocenters. The number of β-amino-alcohol motifs (C(OH)–C–C–N with tert-alkyl or cyclic N) is 1. The molecular formula is C9H11FN2O. The Labute approximate surface area is 75.6 Å². The lowest BCUT2D eigenvalue weighted by Gasteiger charge is -2.08. The summed E-state index contributed by atoms with van der Waals surface area (Å²) in [7, 11) is 0. The maximum atomic E-state index is 12.8. The lowest BCUT2D eigenvalue weighted by molar-refractivity contribution is 0.193. The van der Waals surface area contributed by atoms with E-state index < -0.39 is 0 Å². The molecule has 2 heterocycles. The second-order valence-corrected chi connectivity index (χ2v) is 3.29. The molecule has 2 N–H and O–H groups in total. The molecule has 0 aromatic carbocycles. The fourth-order valence-corrected chi connectivity index (χ4v) is 1.59. The molecule has 13 heavy (non-hydrogen) atoms. The van der Waals surface area contributed by atoms with E-state index in [1.54, 1.807) is 6.20 Å². The van der Waals surface area contributed by atoms with Crippen LogP contribution >= 0.6 is 0 Å². The zero-order valence-electron chi connectivity index (χ0n) is 7.07. The largest absolute Gasteiger partial charge is 0.392 e. The van der Waals surface area contributed by atoms with Crippen LogP contribution < -0.4 is 5.32 Å². The van der Waals surface area contributed by atoms with Gasteiger partial charge in [-0.3, -0.25) is 4.98 Å². The summed E-state index contributed by atoms with van der Waals surface area (Å²) in [6.45, 7) is 0.571. The van der Waals surface area contributed by atoms with Crippen LogP contribution in [0.5, 0.6) is 0 Å². The third kappa shape index (κ3) is 1.84. The zero-order valence-corrected chi connectivity index (χ0v) is 7.07. The summed E-state index contributed by atoms with van der Waals surface area (Å²) in [5, 5.41) is 12.3. The minimum absolute atomic E-state index is 0.0400. The van der Waals surface area contributed by atoms with Crippen LogP contribution in [0, 0.1) is 5.82 Å². The lowest BCUT2D eigenvalue weighted by atomic mass is 10.1. The zero-order chi connectivity index (χ0) is 9.26. The highest BCUT2D eigenvalue weighted by atomic mass is 19.1. The van der Waals surface area contributed by atoms with Crippen molar-refractivity contribution in [3.05, 3.63) is 29.8 Å². The number of halogens is 1. The summed E-state index contributed by atoms with van der Waals surface area (Å²) in [6.07, 6.45) is 3.10. The third-order valence-corrected chi connectivity index (χ3v) is 2.24. The highest BCUT2D eigenvalue weighted by Crippen LogP contribution is 2.22. The molecular weight excluding hydrogens is 171 g/mol. The van der Waals surface area contributed by atoms with Crippen molar-refractivity contribution >= 4 is 0 Å². The normalized spacial score (nSPS) is 27.8. The Bertz CT molecular complexity index is 305. The lowest BCUT2D eigenvalue weighted by Crippen LogP contribution is -2.15. The molecule has 1 aliphatic rings. The van der Waals surface area contributed by atoms with Crippen LogP contribution in [0.2, 0.25) is 0 Å². The van der Waals surface area contributed by atoms with Gasteiger partial charge >= 0.3 is 0 Å². The van der Waals surface area contributed by atoms with Gasteiger partial charge in [-0.05, 0) is 18.1 Å². The summed E-state index contributed by atoms with van der Waals surface area (Å²) in [4.78, 5) is 3.76. The van der Waals surface area contributed by atoms with Crippen molar-refractivity contribution in [1.82, 2.24) is 10.3 Å². The minimum atomic E-state index is -0.333. The number of pyridine rings is 1. The highest BCUT2D eigenvalue weighted by Gasteiger charge is 2.23. The van der Waals surface area contributed by atoms with Crippen molar-refractivity contribution in [3.63, 3.8) is 0 Å². The molecule has 1 saturated heterocycles. The quantitative estimate of drug-likeness (QED) is 0.669. The number of rotatable bonds is 1. The topological polar surface area (TPSA) is 45.1 Å². The van der Waals surface area contributed by atoms with Crippen LogP contribution in [-0.2, 0) is 0 Å². The molecule has 1 aromatic rings. The van der Waals surface area contributed by atoms with Crippen LogP contribution in [0.4, 0.5) is 4.39 Å². The van der Waals surface area contributed by atoms with Gasteiger partial charge in [-0.1, -0.05) is 0 Å². The fourth-order valence-electron chi connectivity index (χ4n) is 1.59. The monoisotopic (exact) mass is 182 g/mol. The van der Waals surface area contributed by atoms with Crippen LogP contribution in [0.25, 0.3) is 0 Å². The first-order valence-corrected chi connectivity index (χ1v) is 4.27. The smallest absolute Gasteiger partial charge is 0.141 e. The Morgan fingerprint density at radius 3 is 3.00 bits per heavy atom. The molecule has 3 nitrogen and oxygen atoms in total. The maximum absolute atomic E-state index is 12.8. The summed E-state index contributed by atoms with van der Waals surface area (Å²) in [6, 6.07) is 1.49. The fraction of sp³-hybridized carbons (Fsp3) is 0.444. The average molecular weight is 182 g/mol. The molecule has 0 aliphatic carbocycles. The summed E-state index contributed by atoms with van der Waals surface area (Å²) in [5.41, 5.74) is 0.802. The Kier molecular flexibility index (Phi) is 2.24. The first-order chi connectivity index (χ1) is 6.25. The molecule has 1 aromatic heterocycles. The molecule has 0 saturated carbocycles. The Hall–Kier alpha value is -1.00. The van der Waals surface area contributed by atoms with Crippen molar-refractivity contribution in [1.29, 1.82) is 0 Å². The molecule has 1 fully saturated rings. The van der Waals surface area contributed by atoms with E-state index in [2.05, 4.69) is 10.3 Å². The maximum Gasteiger partial charge on any atom is 0.141 e. The van der Waals surface area contributed by atoms with E-state index in [0.29, 0.717) is 13.0 Å². The Morgan fingerprint density at radius 1 is 1.54 bits per heavy atom. The van der Waals surface area contributed by atoms with Gasteiger partial charge in [0.25, 0.3) is 0 Å². The van der Waals surface area contributed by atoms with Gasteiger partial charge in [-0.25, -0.2) is 4.39 Å². The van der Waals surface area contributed by atoms with E-state index in [1.807, 2.05) is 0 Å². The van der Waals surface area contributed by atoms with Gasteiger partial charge in [-0.2, -0.15) is 0 Å². The van der Waals surface area contributed by atoms with Crippen LogP contribution in [0.3, 0.4) is 0 Å². The SMILES string of the molecule is O[C@H]1CNC(c2cncc(F)c2)C1. The van der Waals surface area contributed by atoms with Crippen molar-refractivity contribution in [2.75, 3.05) is 6.54 Å². The number of nitrogens with one attached hydrogen (secondary N) is 1. The average Bonchev–Trinajstić information content (AvgIpc) is 2.52. The standard InChI is InChI=1S/C9H11FN2O/c10-7-1-6(3-11-4-7)9-2-8(13)5-12-9/h1,3-4,8-9,12-13H,2,5H2/t8-,9?/m1/s1.